The van der Waals surface area contributed by atoms with Gasteiger partial charge in [0.15, 0.2) is 0 Å². The minimum Gasteiger partial charge on any atom is -0.341 e. The molecule has 2 atom stereocenters. The zero-order valence-electron chi connectivity index (χ0n) is 16.1. The van der Waals surface area contributed by atoms with E-state index in [0.717, 1.165) is 45.2 Å². The fourth-order valence-electron chi connectivity index (χ4n) is 4.72. The first kappa shape index (κ1) is 20.9. The lowest BCUT2D eigenvalue weighted by molar-refractivity contribution is -0.135. The number of halogens is 1. The van der Waals surface area contributed by atoms with E-state index in [-0.39, 0.29) is 12.4 Å². The topological polar surface area (TPSA) is 38.8 Å². The van der Waals surface area contributed by atoms with Crippen LogP contribution in [-0.4, -0.2) is 86.1 Å². The van der Waals surface area contributed by atoms with Crippen LogP contribution >= 0.6 is 12.4 Å². The Labute approximate surface area is 159 Å². The molecule has 0 aliphatic carbocycles. The number of likely N-dealkylation sites (tertiary alicyclic amines) is 1. The van der Waals surface area contributed by atoms with Gasteiger partial charge >= 0.3 is 0 Å². The van der Waals surface area contributed by atoms with Gasteiger partial charge in [0.25, 0.3) is 0 Å². The molecule has 3 heterocycles. The third kappa shape index (κ3) is 6.38. The molecule has 2 unspecified atom stereocenters. The predicted octanol–water partition coefficient (Wildman–Crippen LogP) is 1.53. The predicted molar refractivity (Wildman–Crippen MR) is 105 cm³/mol. The standard InChI is InChI=1S/C19H36N4O.ClH/c1-16-11-17(2)13-23(12-16)19(24)15-22-9-7-21(8-10-22)14-18-3-5-20-6-4-18;/h16-18,20H,3-15H2,1-2H3;1H. The summed E-state index contributed by atoms with van der Waals surface area (Å²) in [6.45, 7) is 15.1. The SMILES string of the molecule is CC1CC(C)CN(C(=O)CN2CCN(CC3CCNCC3)CC2)C1.Cl. The summed E-state index contributed by atoms with van der Waals surface area (Å²) < 4.78 is 0. The van der Waals surface area contributed by atoms with E-state index in [1.54, 1.807) is 0 Å². The molecule has 3 aliphatic heterocycles. The van der Waals surface area contributed by atoms with Crippen LogP contribution in [0.25, 0.3) is 0 Å². The molecule has 0 bridgehead atoms. The average molecular weight is 373 g/mol. The molecular formula is C19H37ClN4O. The summed E-state index contributed by atoms with van der Waals surface area (Å²) in [5.74, 6) is 2.52. The van der Waals surface area contributed by atoms with Crippen molar-refractivity contribution in [3.63, 3.8) is 0 Å². The monoisotopic (exact) mass is 372 g/mol. The van der Waals surface area contributed by atoms with Gasteiger partial charge in [-0.05, 0) is 50.1 Å². The van der Waals surface area contributed by atoms with E-state index in [1.807, 2.05) is 0 Å². The molecule has 0 saturated carbocycles. The largest absolute Gasteiger partial charge is 0.341 e. The van der Waals surface area contributed by atoms with Crippen molar-refractivity contribution in [2.45, 2.75) is 33.1 Å². The first-order chi connectivity index (χ1) is 11.6. The van der Waals surface area contributed by atoms with E-state index in [0.29, 0.717) is 24.3 Å². The number of nitrogens with zero attached hydrogens (tertiary/aromatic N) is 3. The van der Waals surface area contributed by atoms with E-state index in [1.165, 1.54) is 38.9 Å². The Morgan fingerprint density at radius 1 is 0.960 bits per heavy atom. The number of amides is 1. The number of piperazine rings is 1. The van der Waals surface area contributed by atoms with Gasteiger partial charge in [-0.2, -0.15) is 0 Å². The molecule has 0 spiro atoms. The van der Waals surface area contributed by atoms with Crippen LogP contribution in [0.4, 0.5) is 0 Å². The molecule has 3 saturated heterocycles. The first-order valence-electron chi connectivity index (χ1n) is 10.0. The van der Waals surface area contributed by atoms with Gasteiger partial charge in [0.05, 0.1) is 6.54 Å². The molecule has 0 aromatic carbocycles. The highest BCUT2D eigenvalue weighted by Crippen LogP contribution is 2.21. The van der Waals surface area contributed by atoms with Crippen LogP contribution in [0.2, 0.25) is 0 Å². The summed E-state index contributed by atoms with van der Waals surface area (Å²) in [6, 6.07) is 0. The van der Waals surface area contributed by atoms with Gasteiger partial charge in [-0.3, -0.25) is 9.69 Å². The van der Waals surface area contributed by atoms with Gasteiger partial charge in [0.1, 0.15) is 0 Å². The molecule has 1 amide bonds. The van der Waals surface area contributed by atoms with Crippen molar-refractivity contribution in [1.82, 2.24) is 20.0 Å². The fourth-order valence-corrected chi connectivity index (χ4v) is 4.72. The Morgan fingerprint density at radius 2 is 1.52 bits per heavy atom. The number of piperidine rings is 2. The Morgan fingerprint density at radius 3 is 2.12 bits per heavy atom. The normalized spacial score (nSPS) is 30.1. The maximum absolute atomic E-state index is 12.6. The number of nitrogens with one attached hydrogen (secondary N) is 1. The van der Waals surface area contributed by atoms with Crippen LogP contribution in [0.15, 0.2) is 0 Å². The molecule has 1 N–H and O–H groups in total. The Hall–Kier alpha value is -0.360. The zero-order chi connectivity index (χ0) is 16.9. The number of carbonyl (C=O) groups excluding carboxylic acids is 1. The van der Waals surface area contributed by atoms with Crippen molar-refractivity contribution >= 4 is 18.3 Å². The number of hydrogen-bond donors (Lipinski definition) is 1. The molecule has 3 fully saturated rings. The van der Waals surface area contributed by atoms with Gasteiger partial charge in [0.2, 0.25) is 5.91 Å². The molecule has 25 heavy (non-hydrogen) atoms. The highest BCUT2D eigenvalue weighted by Gasteiger charge is 2.28. The Kier molecular flexibility index (Phi) is 8.46. The third-order valence-electron chi connectivity index (χ3n) is 6.02. The van der Waals surface area contributed by atoms with Crippen molar-refractivity contribution in [3.8, 4) is 0 Å². The van der Waals surface area contributed by atoms with Crippen LogP contribution in [0.3, 0.4) is 0 Å². The summed E-state index contributed by atoms with van der Waals surface area (Å²) in [6.07, 6.45) is 3.91. The molecule has 0 aromatic rings. The summed E-state index contributed by atoms with van der Waals surface area (Å²) in [4.78, 5) is 19.7. The summed E-state index contributed by atoms with van der Waals surface area (Å²) >= 11 is 0. The maximum Gasteiger partial charge on any atom is 0.236 e. The number of carbonyl (C=O) groups is 1. The summed E-state index contributed by atoms with van der Waals surface area (Å²) in [5, 5.41) is 3.45. The van der Waals surface area contributed by atoms with Crippen molar-refractivity contribution < 1.29 is 4.79 Å². The highest BCUT2D eigenvalue weighted by molar-refractivity contribution is 5.85. The van der Waals surface area contributed by atoms with Crippen molar-refractivity contribution in [2.24, 2.45) is 17.8 Å². The fraction of sp³-hybridized carbons (Fsp3) is 0.947. The van der Waals surface area contributed by atoms with Gasteiger partial charge in [0, 0.05) is 45.8 Å². The lowest BCUT2D eigenvalue weighted by Gasteiger charge is -2.39. The highest BCUT2D eigenvalue weighted by atomic mass is 35.5. The van der Waals surface area contributed by atoms with Crippen LogP contribution < -0.4 is 5.32 Å². The Bertz CT molecular complexity index is 398. The van der Waals surface area contributed by atoms with E-state index in [2.05, 4.69) is 33.9 Å². The number of hydrogen-bond acceptors (Lipinski definition) is 4. The van der Waals surface area contributed by atoms with E-state index in [4.69, 9.17) is 0 Å². The molecule has 3 rings (SSSR count). The van der Waals surface area contributed by atoms with Crippen LogP contribution in [0.1, 0.15) is 33.1 Å². The average Bonchev–Trinajstić information content (AvgIpc) is 2.57. The minimum absolute atomic E-state index is 0. The molecular weight excluding hydrogens is 336 g/mol. The molecule has 0 radical (unpaired) electrons. The molecule has 5 nitrogen and oxygen atoms in total. The molecule has 3 aliphatic rings. The maximum atomic E-state index is 12.6. The lowest BCUT2D eigenvalue weighted by Crippen LogP contribution is -2.52. The second-order valence-electron chi connectivity index (χ2n) is 8.51. The van der Waals surface area contributed by atoms with Crippen LogP contribution in [0.5, 0.6) is 0 Å². The molecule has 146 valence electrons. The molecule has 6 heteroatoms. The summed E-state index contributed by atoms with van der Waals surface area (Å²) in [7, 11) is 0. The summed E-state index contributed by atoms with van der Waals surface area (Å²) in [5.41, 5.74) is 0. The van der Waals surface area contributed by atoms with E-state index >= 15 is 0 Å². The quantitative estimate of drug-likeness (QED) is 0.812. The van der Waals surface area contributed by atoms with Gasteiger partial charge in [-0.25, -0.2) is 0 Å². The minimum atomic E-state index is 0. The van der Waals surface area contributed by atoms with E-state index in [9.17, 15) is 4.79 Å². The second kappa shape index (κ2) is 10.1. The van der Waals surface area contributed by atoms with Crippen molar-refractivity contribution in [2.75, 3.05) is 65.4 Å². The van der Waals surface area contributed by atoms with Crippen LogP contribution in [0, 0.1) is 17.8 Å². The smallest absolute Gasteiger partial charge is 0.236 e. The lowest BCUT2D eigenvalue weighted by atomic mass is 9.92. The van der Waals surface area contributed by atoms with E-state index < -0.39 is 0 Å². The van der Waals surface area contributed by atoms with Gasteiger partial charge < -0.3 is 15.1 Å². The zero-order valence-corrected chi connectivity index (χ0v) is 16.9. The second-order valence-corrected chi connectivity index (χ2v) is 8.51. The Balaban J connectivity index is 0.00000225. The van der Waals surface area contributed by atoms with Gasteiger partial charge in [-0.1, -0.05) is 13.8 Å². The van der Waals surface area contributed by atoms with Crippen LogP contribution in [-0.2, 0) is 4.79 Å². The first-order valence-corrected chi connectivity index (χ1v) is 10.0. The molecule has 0 aromatic heterocycles. The van der Waals surface area contributed by atoms with Gasteiger partial charge in [-0.15, -0.1) is 12.4 Å². The van der Waals surface area contributed by atoms with Crippen molar-refractivity contribution in [1.29, 1.82) is 0 Å². The third-order valence-corrected chi connectivity index (χ3v) is 6.02. The number of rotatable bonds is 4. The van der Waals surface area contributed by atoms with Crippen molar-refractivity contribution in [3.05, 3.63) is 0 Å².